The first-order valence-electron chi connectivity index (χ1n) is 5.72. The average Bonchev–Trinajstić information content (AvgIpc) is 2.45. The predicted octanol–water partition coefficient (Wildman–Crippen LogP) is -0.177. The number of rotatable bonds is 4. The number of aromatic nitrogens is 1. The van der Waals surface area contributed by atoms with Crippen LogP contribution in [-0.4, -0.2) is 37.9 Å². The molecule has 1 heterocycles. The van der Waals surface area contributed by atoms with Gasteiger partial charge in [0.2, 0.25) is 0 Å². The number of pyridine rings is 1. The number of benzene rings is 1. The number of nitro groups is 1. The highest BCUT2D eigenvalue weighted by Crippen LogP contribution is 2.21. The lowest BCUT2D eigenvalue weighted by molar-refractivity contribution is -0.386. The van der Waals surface area contributed by atoms with Crippen LogP contribution >= 0.6 is 0 Å². The minimum absolute atomic E-state index is 0.0286. The summed E-state index contributed by atoms with van der Waals surface area (Å²) in [6.45, 7) is -0.648. The first kappa shape index (κ1) is 14.1. The van der Waals surface area contributed by atoms with Crippen LogP contribution in [0.25, 0.3) is 10.9 Å². The molecule has 2 aromatic rings. The molecule has 0 aliphatic heterocycles. The Morgan fingerprint density at radius 3 is 2.65 bits per heavy atom. The monoisotopic (exact) mass is 280 g/mol. The second-order valence-electron chi connectivity index (χ2n) is 4.26. The van der Waals surface area contributed by atoms with Crippen molar-refractivity contribution >= 4 is 16.6 Å². The van der Waals surface area contributed by atoms with Crippen LogP contribution in [-0.2, 0) is 0 Å². The number of hydrogen-bond acceptors (Lipinski definition) is 6. The highest BCUT2D eigenvalue weighted by Gasteiger charge is 2.20. The molecule has 1 aromatic heterocycles. The summed E-state index contributed by atoms with van der Waals surface area (Å²) in [5.74, 6) is 0. The first-order valence-corrected chi connectivity index (χ1v) is 5.72. The van der Waals surface area contributed by atoms with Crippen molar-refractivity contribution in [2.45, 2.75) is 12.2 Å². The maximum Gasteiger partial charge on any atom is 0.332 e. The number of nitrogens with one attached hydrogen (secondary N) is 1. The van der Waals surface area contributed by atoms with Gasteiger partial charge in [-0.25, -0.2) is 0 Å². The van der Waals surface area contributed by atoms with E-state index in [1.54, 1.807) is 0 Å². The predicted molar refractivity (Wildman–Crippen MR) is 69.3 cm³/mol. The zero-order valence-corrected chi connectivity index (χ0v) is 10.2. The molecule has 0 bridgehead atoms. The summed E-state index contributed by atoms with van der Waals surface area (Å²) in [5.41, 5.74) is -0.830. The van der Waals surface area contributed by atoms with Crippen molar-refractivity contribution in [3.63, 3.8) is 0 Å². The van der Waals surface area contributed by atoms with Gasteiger partial charge in [0.05, 0.1) is 23.1 Å². The number of fused-ring (bicyclic) bond motifs is 1. The molecular formula is C12H12N2O6. The number of nitrogens with zero attached hydrogens (tertiary/aromatic N) is 1. The van der Waals surface area contributed by atoms with Crippen molar-refractivity contribution in [1.29, 1.82) is 0 Å². The third kappa shape index (κ3) is 2.39. The third-order valence-electron chi connectivity index (χ3n) is 2.98. The topological polar surface area (TPSA) is 137 Å². The van der Waals surface area contributed by atoms with E-state index in [0.29, 0.717) is 5.52 Å². The zero-order chi connectivity index (χ0) is 14.9. The normalized spacial score (nSPS) is 14.2. The van der Waals surface area contributed by atoms with Crippen LogP contribution in [0.4, 0.5) is 5.69 Å². The molecule has 0 radical (unpaired) electrons. The molecule has 1 aromatic carbocycles. The summed E-state index contributed by atoms with van der Waals surface area (Å²) in [5, 5.41) is 38.6. The van der Waals surface area contributed by atoms with Crippen LogP contribution in [0.5, 0.6) is 0 Å². The SMILES string of the molecule is O=c1c([N+](=O)[O-])c[nH]c2ccc(C(O)C(O)CO)cc12. The van der Waals surface area contributed by atoms with Gasteiger partial charge in [0.1, 0.15) is 12.2 Å². The second-order valence-corrected chi connectivity index (χ2v) is 4.26. The van der Waals surface area contributed by atoms with E-state index in [2.05, 4.69) is 4.98 Å². The molecular weight excluding hydrogens is 268 g/mol. The van der Waals surface area contributed by atoms with Gasteiger partial charge in [-0.1, -0.05) is 6.07 Å². The summed E-state index contributed by atoms with van der Waals surface area (Å²) >= 11 is 0. The summed E-state index contributed by atoms with van der Waals surface area (Å²) in [6.07, 6.45) is -1.78. The van der Waals surface area contributed by atoms with Gasteiger partial charge in [-0.15, -0.1) is 0 Å². The molecule has 2 atom stereocenters. The minimum atomic E-state index is -1.40. The van der Waals surface area contributed by atoms with Gasteiger partial charge < -0.3 is 20.3 Å². The summed E-state index contributed by atoms with van der Waals surface area (Å²) in [6, 6.07) is 4.17. The Kier molecular flexibility index (Phi) is 3.79. The lowest BCUT2D eigenvalue weighted by Crippen LogP contribution is -2.22. The van der Waals surface area contributed by atoms with Crippen LogP contribution < -0.4 is 5.43 Å². The summed E-state index contributed by atoms with van der Waals surface area (Å²) in [4.78, 5) is 24.4. The fourth-order valence-electron chi connectivity index (χ4n) is 1.87. The number of aliphatic hydroxyl groups is 3. The summed E-state index contributed by atoms with van der Waals surface area (Å²) < 4.78 is 0. The van der Waals surface area contributed by atoms with E-state index in [0.717, 1.165) is 6.20 Å². The zero-order valence-electron chi connectivity index (χ0n) is 10.2. The number of aromatic amines is 1. The molecule has 0 aliphatic rings. The van der Waals surface area contributed by atoms with Crippen molar-refractivity contribution in [2.75, 3.05) is 6.61 Å². The van der Waals surface area contributed by atoms with Crippen LogP contribution in [0.15, 0.2) is 29.2 Å². The van der Waals surface area contributed by atoms with E-state index >= 15 is 0 Å². The molecule has 4 N–H and O–H groups in total. The molecule has 106 valence electrons. The smallest absolute Gasteiger partial charge is 0.332 e. The van der Waals surface area contributed by atoms with E-state index in [-0.39, 0.29) is 10.9 Å². The molecule has 0 saturated carbocycles. The number of aliphatic hydroxyl groups excluding tert-OH is 3. The van der Waals surface area contributed by atoms with E-state index < -0.39 is 34.9 Å². The van der Waals surface area contributed by atoms with Gasteiger partial charge in [-0.3, -0.25) is 14.9 Å². The highest BCUT2D eigenvalue weighted by molar-refractivity contribution is 5.81. The fraction of sp³-hybridized carbons (Fsp3) is 0.250. The molecule has 0 spiro atoms. The third-order valence-corrected chi connectivity index (χ3v) is 2.98. The lowest BCUT2D eigenvalue weighted by Gasteiger charge is -2.16. The van der Waals surface area contributed by atoms with Crippen LogP contribution in [0, 0.1) is 10.1 Å². The standard InChI is InChI=1S/C12H12N2O6/c15-5-10(16)11(17)6-1-2-8-7(3-6)12(18)9(4-13-8)14(19)20/h1-4,10-11,15-17H,5H2,(H,13,18). The van der Waals surface area contributed by atoms with Gasteiger partial charge >= 0.3 is 5.69 Å². The van der Waals surface area contributed by atoms with E-state index in [1.165, 1.54) is 18.2 Å². The molecule has 8 heteroatoms. The van der Waals surface area contributed by atoms with Crippen molar-refractivity contribution in [3.05, 3.63) is 50.3 Å². The minimum Gasteiger partial charge on any atom is -0.394 e. The van der Waals surface area contributed by atoms with Gasteiger partial charge in [0, 0.05) is 5.52 Å². The first-order chi connectivity index (χ1) is 9.45. The maximum absolute atomic E-state index is 11.9. The van der Waals surface area contributed by atoms with Gasteiger partial charge in [0.15, 0.2) is 0 Å². The molecule has 0 saturated heterocycles. The quantitative estimate of drug-likeness (QED) is 0.453. The van der Waals surface area contributed by atoms with E-state index in [9.17, 15) is 25.1 Å². The summed E-state index contributed by atoms with van der Waals surface area (Å²) in [7, 11) is 0. The second kappa shape index (κ2) is 5.37. The fourth-order valence-corrected chi connectivity index (χ4v) is 1.87. The molecule has 0 fully saturated rings. The Labute approximate surface area is 112 Å². The number of H-pyrrole nitrogens is 1. The molecule has 0 amide bonds. The highest BCUT2D eigenvalue weighted by atomic mass is 16.6. The Morgan fingerprint density at radius 1 is 1.35 bits per heavy atom. The maximum atomic E-state index is 11.9. The van der Waals surface area contributed by atoms with Crippen LogP contribution in [0.3, 0.4) is 0 Å². The van der Waals surface area contributed by atoms with Crippen LogP contribution in [0.2, 0.25) is 0 Å². The largest absolute Gasteiger partial charge is 0.394 e. The van der Waals surface area contributed by atoms with Gasteiger partial charge in [-0.05, 0) is 17.7 Å². The van der Waals surface area contributed by atoms with Gasteiger partial charge in [-0.2, -0.15) is 0 Å². The van der Waals surface area contributed by atoms with Crippen molar-refractivity contribution in [1.82, 2.24) is 4.98 Å². The Hall–Kier alpha value is -2.29. The Morgan fingerprint density at radius 2 is 2.05 bits per heavy atom. The molecule has 20 heavy (non-hydrogen) atoms. The van der Waals surface area contributed by atoms with Crippen molar-refractivity contribution in [3.8, 4) is 0 Å². The van der Waals surface area contributed by atoms with E-state index in [4.69, 9.17) is 5.11 Å². The molecule has 0 aliphatic carbocycles. The van der Waals surface area contributed by atoms with Crippen LogP contribution in [0.1, 0.15) is 11.7 Å². The van der Waals surface area contributed by atoms with Crippen molar-refractivity contribution in [2.24, 2.45) is 0 Å². The molecule has 8 nitrogen and oxygen atoms in total. The average molecular weight is 280 g/mol. The molecule has 2 unspecified atom stereocenters. The Bertz CT molecular complexity index is 711. The number of hydrogen-bond donors (Lipinski definition) is 4. The Balaban J connectivity index is 2.60. The van der Waals surface area contributed by atoms with Crippen molar-refractivity contribution < 1.29 is 20.2 Å². The molecule has 2 rings (SSSR count). The lowest BCUT2D eigenvalue weighted by atomic mass is 10.0. The van der Waals surface area contributed by atoms with Gasteiger partial charge in [0.25, 0.3) is 5.43 Å². The van der Waals surface area contributed by atoms with E-state index in [1.807, 2.05) is 0 Å².